The molecule has 0 unspecified atom stereocenters. The molecule has 0 radical (unpaired) electrons. The Bertz CT molecular complexity index is 1000. The summed E-state index contributed by atoms with van der Waals surface area (Å²) in [5.41, 5.74) is 3.81. The molecule has 0 spiro atoms. The number of nitrogens with zero attached hydrogens (tertiary/aromatic N) is 6. The molecule has 0 fully saturated rings. The van der Waals surface area contributed by atoms with Crippen molar-refractivity contribution in [2.24, 2.45) is 20.0 Å². The molecule has 0 atom stereocenters. The summed E-state index contributed by atoms with van der Waals surface area (Å²) < 4.78 is 0. The van der Waals surface area contributed by atoms with Gasteiger partial charge >= 0.3 is 0 Å². The van der Waals surface area contributed by atoms with Gasteiger partial charge in [-0.1, -0.05) is 12.1 Å². The third kappa shape index (κ3) is 16.2. The fourth-order valence-electron chi connectivity index (χ4n) is 3.97. The predicted molar refractivity (Wildman–Crippen MR) is 176 cm³/mol. The summed E-state index contributed by atoms with van der Waals surface area (Å²) in [6, 6.07) is 12.1. The number of aliphatic imine (C=N–C) groups is 4. The lowest BCUT2D eigenvalue weighted by molar-refractivity contribution is 0.569. The average Bonchev–Trinajstić information content (AvgIpc) is 3.02. The molecule has 4 rings (SSSR count). The molecule has 0 aromatic carbocycles. The topological polar surface area (TPSA) is 147 Å². The van der Waals surface area contributed by atoms with Gasteiger partial charge in [-0.3, -0.25) is 20.0 Å². The van der Waals surface area contributed by atoms with Crippen LogP contribution in [-0.4, -0.2) is 126 Å². The second-order valence-electron chi connectivity index (χ2n) is 9.60. The highest BCUT2D eigenvalue weighted by molar-refractivity contribution is 6.16. The van der Waals surface area contributed by atoms with Crippen LogP contribution in [0.2, 0.25) is 0 Å². The number of fused-ring (bicyclic) bond motifs is 5. The van der Waals surface area contributed by atoms with Crippen molar-refractivity contribution in [3.05, 3.63) is 47.8 Å². The van der Waals surface area contributed by atoms with Crippen molar-refractivity contribution in [1.82, 2.24) is 41.9 Å². The van der Waals surface area contributed by atoms with Gasteiger partial charge in [0.1, 0.15) is 0 Å². The Morgan fingerprint density at radius 2 is 0.714 bits per heavy atom. The van der Waals surface area contributed by atoms with Gasteiger partial charge in [-0.25, -0.2) is 9.97 Å². The van der Waals surface area contributed by atoms with Crippen LogP contribution in [0.1, 0.15) is 11.4 Å². The summed E-state index contributed by atoms with van der Waals surface area (Å²) in [7, 11) is 0. The molecule has 2 aromatic heterocycles. The van der Waals surface area contributed by atoms with E-state index in [2.05, 4.69) is 51.9 Å². The maximum absolute atomic E-state index is 4.70. The van der Waals surface area contributed by atoms with E-state index >= 15 is 0 Å². The summed E-state index contributed by atoms with van der Waals surface area (Å²) in [5.74, 6) is 0. The fraction of sp³-hybridized carbons (Fsp3) is 0.533. The smallest absolute Gasteiger partial charge is 0.0890 e. The first kappa shape index (κ1) is 33.2. The summed E-state index contributed by atoms with van der Waals surface area (Å²) >= 11 is 0. The zero-order chi connectivity index (χ0) is 29.2. The van der Waals surface area contributed by atoms with Gasteiger partial charge in [-0.05, 0) is 24.3 Å². The third-order valence-corrected chi connectivity index (χ3v) is 6.15. The Balaban J connectivity index is 0.000000241. The molecule has 0 saturated carbocycles. The van der Waals surface area contributed by atoms with Crippen LogP contribution in [0.25, 0.3) is 11.4 Å². The van der Waals surface area contributed by atoms with Gasteiger partial charge in [0.25, 0.3) is 0 Å². The van der Waals surface area contributed by atoms with E-state index in [1.54, 1.807) is 24.9 Å². The molecule has 42 heavy (non-hydrogen) atoms. The van der Waals surface area contributed by atoms with Gasteiger partial charge < -0.3 is 31.9 Å². The molecule has 0 amide bonds. The lowest BCUT2D eigenvalue weighted by Gasteiger charge is -2.08. The van der Waals surface area contributed by atoms with Crippen LogP contribution in [0.5, 0.6) is 0 Å². The highest BCUT2D eigenvalue weighted by Crippen LogP contribution is 2.15. The Hall–Kier alpha value is -3.26. The molecule has 2 aliphatic rings. The van der Waals surface area contributed by atoms with Crippen LogP contribution in [0, 0.1) is 0 Å². The number of hydrogen-bond acceptors (Lipinski definition) is 12. The normalized spacial score (nSPS) is 18.9. The molecule has 2 aliphatic heterocycles. The van der Waals surface area contributed by atoms with E-state index in [-0.39, 0.29) is 0 Å². The lowest BCUT2D eigenvalue weighted by Crippen LogP contribution is -2.35. The minimum absolute atomic E-state index is 0.721. The van der Waals surface area contributed by atoms with E-state index in [1.165, 1.54) is 0 Å². The Labute approximate surface area is 250 Å². The van der Waals surface area contributed by atoms with Gasteiger partial charge in [0, 0.05) is 103 Å². The van der Waals surface area contributed by atoms with Crippen LogP contribution >= 0.6 is 0 Å². The molecule has 12 heteroatoms. The second kappa shape index (κ2) is 23.3. The molecular formula is C30H48N12. The fourth-order valence-corrected chi connectivity index (χ4v) is 3.97. The van der Waals surface area contributed by atoms with Crippen LogP contribution in [0.4, 0.5) is 0 Å². The van der Waals surface area contributed by atoms with Crippen molar-refractivity contribution in [1.29, 1.82) is 0 Å². The minimum Gasteiger partial charge on any atom is -0.314 e. The van der Waals surface area contributed by atoms with Crippen LogP contribution in [0.15, 0.2) is 56.4 Å². The zero-order valence-corrected chi connectivity index (χ0v) is 24.8. The number of aromatic nitrogens is 2. The van der Waals surface area contributed by atoms with E-state index < -0.39 is 0 Å². The van der Waals surface area contributed by atoms with Gasteiger partial charge in [-0.15, -0.1) is 0 Å². The second-order valence-corrected chi connectivity index (χ2v) is 9.60. The van der Waals surface area contributed by atoms with Gasteiger partial charge in [0.2, 0.25) is 0 Å². The van der Waals surface area contributed by atoms with Crippen molar-refractivity contribution in [3.63, 3.8) is 0 Å². The van der Waals surface area contributed by atoms with Crippen molar-refractivity contribution < 1.29 is 0 Å². The largest absolute Gasteiger partial charge is 0.314 e. The zero-order valence-electron chi connectivity index (χ0n) is 24.8. The van der Waals surface area contributed by atoms with E-state index in [0.717, 1.165) is 127 Å². The third-order valence-electron chi connectivity index (χ3n) is 6.15. The maximum Gasteiger partial charge on any atom is 0.0890 e. The lowest BCUT2D eigenvalue weighted by atomic mass is 10.2. The van der Waals surface area contributed by atoms with E-state index in [9.17, 15) is 0 Å². The van der Waals surface area contributed by atoms with Crippen LogP contribution < -0.4 is 31.9 Å². The highest BCUT2D eigenvalue weighted by atomic mass is 15.0. The van der Waals surface area contributed by atoms with Gasteiger partial charge in [0.05, 0.1) is 49.0 Å². The minimum atomic E-state index is 0.721. The van der Waals surface area contributed by atoms with Crippen LogP contribution in [0.3, 0.4) is 0 Å². The van der Waals surface area contributed by atoms with Crippen molar-refractivity contribution in [2.45, 2.75) is 13.1 Å². The molecular weight excluding hydrogens is 528 g/mol. The maximum atomic E-state index is 4.70. The molecule has 12 nitrogen and oxygen atoms in total. The van der Waals surface area contributed by atoms with Crippen LogP contribution in [-0.2, 0) is 13.1 Å². The van der Waals surface area contributed by atoms with Crippen molar-refractivity contribution >= 4 is 24.9 Å². The average molecular weight is 577 g/mol. The molecule has 4 bridgehead atoms. The first-order valence-corrected chi connectivity index (χ1v) is 15.0. The number of pyridine rings is 2. The Morgan fingerprint density at radius 1 is 0.381 bits per heavy atom. The first-order valence-electron chi connectivity index (χ1n) is 15.0. The molecule has 2 aromatic rings. The summed E-state index contributed by atoms with van der Waals surface area (Å²) in [6.45, 7) is 14.0. The summed E-state index contributed by atoms with van der Waals surface area (Å²) in [5, 5.41) is 20.2. The quantitative estimate of drug-likeness (QED) is 0.257. The summed E-state index contributed by atoms with van der Waals surface area (Å²) in [6.07, 6.45) is 7.08. The molecule has 228 valence electrons. The SMILES string of the molecule is C1=NCCNCCNCCNCCNCCN=C1.C1=NCCNCc2cccc(n2)-c2cccc(n2)CNCCN=C1. The van der Waals surface area contributed by atoms with E-state index in [0.29, 0.717) is 0 Å². The number of hydrogen-bond donors (Lipinski definition) is 6. The molecule has 0 aliphatic carbocycles. The number of rotatable bonds is 0. The molecule has 6 N–H and O–H groups in total. The highest BCUT2D eigenvalue weighted by Gasteiger charge is 2.04. The first-order chi connectivity index (χ1) is 20.9. The predicted octanol–water partition coefficient (Wildman–Crippen LogP) is -0.0220. The molecule has 4 heterocycles. The van der Waals surface area contributed by atoms with Gasteiger partial charge in [0.15, 0.2) is 0 Å². The van der Waals surface area contributed by atoms with E-state index in [1.807, 2.05) is 36.4 Å². The monoisotopic (exact) mass is 576 g/mol. The standard InChI is InChI=1S/C18H22N6.C12H26N6/c1-3-15-13-21-11-9-19-7-8-20-10-12-22-14-16-4-2-6-18(24-16)17(5-1)23-15;1-2-14-5-6-16-9-10-18-12-11-17-8-7-15-4-3-13-1/h1-8,21-22H,9-14H2;1-2,15-18H,3-12H2. The van der Waals surface area contributed by atoms with Crippen molar-refractivity contribution in [2.75, 3.05) is 91.6 Å². The number of nitrogens with one attached hydrogen (secondary N) is 6. The summed E-state index contributed by atoms with van der Waals surface area (Å²) in [4.78, 5) is 26.5. The molecule has 0 saturated heterocycles. The van der Waals surface area contributed by atoms with Gasteiger partial charge in [-0.2, -0.15) is 0 Å². The Morgan fingerprint density at radius 3 is 1.10 bits per heavy atom. The van der Waals surface area contributed by atoms with E-state index in [4.69, 9.17) is 9.97 Å². The van der Waals surface area contributed by atoms with Crippen molar-refractivity contribution in [3.8, 4) is 11.4 Å². The Kier molecular flexibility index (Phi) is 18.5.